The number of rotatable bonds is 3. The fourth-order valence-electron chi connectivity index (χ4n) is 2.18. The van der Waals surface area contributed by atoms with E-state index >= 15 is 0 Å². The number of nitrogens with zero attached hydrogens (tertiary/aromatic N) is 2. The Labute approximate surface area is 110 Å². The van der Waals surface area contributed by atoms with Gasteiger partial charge >= 0.3 is 12.0 Å². The van der Waals surface area contributed by atoms with Gasteiger partial charge in [0.05, 0.1) is 18.9 Å². The molecule has 0 unspecified atom stereocenters. The standard InChI is InChI=1S/C12H16N2O5/c1-13(7-9-3-2-4-19-9)12(18)14-6-8(15)5-10(14)11(16)17/h2-4,8,10,15H,5-7H2,1H3,(H,16,17)/t8-,10-/m1/s1. The Morgan fingerprint density at radius 2 is 2.32 bits per heavy atom. The number of likely N-dealkylation sites (tertiary alicyclic amines) is 1. The van der Waals surface area contributed by atoms with Crippen LogP contribution in [0.1, 0.15) is 12.2 Å². The normalized spacial score (nSPS) is 22.5. The molecule has 0 spiro atoms. The Bertz CT molecular complexity index is 459. The van der Waals surface area contributed by atoms with Gasteiger partial charge in [0, 0.05) is 20.0 Å². The predicted octanol–water partition coefficient (Wildman–Crippen LogP) is 0.351. The number of aliphatic hydroxyl groups is 1. The highest BCUT2D eigenvalue weighted by molar-refractivity contribution is 5.83. The molecular formula is C12H16N2O5. The third kappa shape index (κ3) is 2.87. The van der Waals surface area contributed by atoms with Crippen molar-refractivity contribution in [3.63, 3.8) is 0 Å². The smallest absolute Gasteiger partial charge is 0.326 e. The number of carbonyl (C=O) groups is 2. The highest BCUT2D eigenvalue weighted by atomic mass is 16.4. The molecule has 19 heavy (non-hydrogen) atoms. The average molecular weight is 268 g/mol. The van der Waals surface area contributed by atoms with Gasteiger partial charge in [0.15, 0.2) is 0 Å². The maximum atomic E-state index is 12.2. The molecule has 1 aliphatic rings. The quantitative estimate of drug-likeness (QED) is 0.825. The average Bonchev–Trinajstić information content (AvgIpc) is 2.97. The van der Waals surface area contributed by atoms with Crippen LogP contribution >= 0.6 is 0 Å². The first kappa shape index (κ1) is 13.4. The van der Waals surface area contributed by atoms with Crippen LogP contribution in [0.3, 0.4) is 0 Å². The van der Waals surface area contributed by atoms with Crippen molar-refractivity contribution in [3.8, 4) is 0 Å². The van der Waals surface area contributed by atoms with E-state index < -0.39 is 24.1 Å². The van der Waals surface area contributed by atoms with Crippen LogP contribution in [-0.2, 0) is 11.3 Å². The van der Waals surface area contributed by atoms with Crippen LogP contribution in [0.2, 0.25) is 0 Å². The molecule has 2 heterocycles. The van der Waals surface area contributed by atoms with Gasteiger partial charge < -0.3 is 24.4 Å². The molecule has 1 fully saturated rings. The van der Waals surface area contributed by atoms with Crippen LogP contribution in [0.15, 0.2) is 22.8 Å². The van der Waals surface area contributed by atoms with Gasteiger partial charge in [-0.1, -0.05) is 0 Å². The Morgan fingerprint density at radius 3 is 2.89 bits per heavy atom. The highest BCUT2D eigenvalue weighted by Gasteiger charge is 2.40. The first-order valence-electron chi connectivity index (χ1n) is 5.94. The second-order valence-electron chi connectivity index (χ2n) is 4.61. The van der Waals surface area contributed by atoms with Crippen molar-refractivity contribution in [2.45, 2.75) is 25.1 Å². The number of amides is 2. The third-order valence-corrected chi connectivity index (χ3v) is 3.11. The monoisotopic (exact) mass is 268 g/mol. The zero-order chi connectivity index (χ0) is 14.0. The summed E-state index contributed by atoms with van der Waals surface area (Å²) in [6.07, 6.45) is 0.783. The van der Waals surface area contributed by atoms with Crippen molar-refractivity contribution in [2.75, 3.05) is 13.6 Å². The number of furan rings is 1. The third-order valence-electron chi connectivity index (χ3n) is 3.11. The second kappa shape index (κ2) is 5.31. The zero-order valence-corrected chi connectivity index (χ0v) is 10.5. The van der Waals surface area contributed by atoms with Crippen LogP contribution in [0, 0.1) is 0 Å². The number of aliphatic hydroxyl groups excluding tert-OH is 1. The van der Waals surface area contributed by atoms with Gasteiger partial charge in [-0.2, -0.15) is 0 Å². The van der Waals surface area contributed by atoms with E-state index in [2.05, 4.69) is 0 Å². The van der Waals surface area contributed by atoms with Crippen LogP contribution in [0.25, 0.3) is 0 Å². The zero-order valence-electron chi connectivity index (χ0n) is 10.5. The lowest BCUT2D eigenvalue weighted by atomic mass is 10.2. The van der Waals surface area contributed by atoms with Gasteiger partial charge in [0.2, 0.25) is 0 Å². The summed E-state index contributed by atoms with van der Waals surface area (Å²) >= 11 is 0. The lowest BCUT2D eigenvalue weighted by Gasteiger charge is -2.26. The van der Waals surface area contributed by atoms with E-state index in [0.717, 1.165) is 0 Å². The van der Waals surface area contributed by atoms with E-state index in [1.807, 2.05) is 0 Å². The van der Waals surface area contributed by atoms with E-state index in [-0.39, 0.29) is 19.5 Å². The SMILES string of the molecule is CN(Cc1ccco1)C(=O)N1C[C@H](O)C[C@@H]1C(=O)O. The van der Waals surface area contributed by atoms with Crippen LogP contribution in [0.5, 0.6) is 0 Å². The molecule has 0 radical (unpaired) electrons. The molecule has 2 atom stereocenters. The number of aliphatic carboxylic acids is 1. The summed E-state index contributed by atoms with van der Waals surface area (Å²) in [5.41, 5.74) is 0. The molecule has 0 bridgehead atoms. The first-order chi connectivity index (χ1) is 8.99. The van der Waals surface area contributed by atoms with Crippen molar-refractivity contribution in [3.05, 3.63) is 24.2 Å². The fourth-order valence-corrected chi connectivity index (χ4v) is 2.18. The number of carboxylic acid groups (broad SMARTS) is 1. The van der Waals surface area contributed by atoms with Gasteiger partial charge in [-0.05, 0) is 12.1 Å². The summed E-state index contributed by atoms with van der Waals surface area (Å²) in [7, 11) is 1.56. The van der Waals surface area contributed by atoms with E-state index in [9.17, 15) is 14.7 Å². The fraction of sp³-hybridized carbons (Fsp3) is 0.500. The molecule has 1 aromatic rings. The van der Waals surface area contributed by atoms with Gasteiger partial charge in [0.1, 0.15) is 11.8 Å². The summed E-state index contributed by atoms with van der Waals surface area (Å²) in [5.74, 6) is -0.487. The van der Waals surface area contributed by atoms with Crippen LogP contribution in [0.4, 0.5) is 4.79 Å². The Kier molecular flexibility index (Phi) is 3.75. The van der Waals surface area contributed by atoms with E-state index in [0.29, 0.717) is 5.76 Å². The molecule has 104 valence electrons. The molecule has 0 aromatic carbocycles. The molecule has 0 aliphatic carbocycles. The van der Waals surface area contributed by atoms with Crippen molar-refractivity contribution in [1.82, 2.24) is 9.80 Å². The number of hydrogen-bond donors (Lipinski definition) is 2. The van der Waals surface area contributed by atoms with Crippen molar-refractivity contribution < 1.29 is 24.2 Å². The minimum absolute atomic E-state index is 0.0400. The summed E-state index contributed by atoms with van der Waals surface area (Å²) in [4.78, 5) is 25.8. The summed E-state index contributed by atoms with van der Waals surface area (Å²) in [6, 6.07) is 2.05. The van der Waals surface area contributed by atoms with Crippen molar-refractivity contribution >= 4 is 12.0 Å². The molecule has 2 rings (SSSR count). The minimum atomic E-state index is -1.10. The lowest BCUT2D eigenvalue weighted by molar-refractivity contribution is -0.141. The van der Waals surface area contributed by atoms with Gasteiger partial charge in [-0.25, -0.2) is 9.59 Å². The molecule has 0 saturated carbocycles. The molecule has 7 nitrogen and oxygen atoms in total. The Balaban J connectivity index is 2.03. The number of carboxylic acids is 1. The summed E-state index contributed by atoms with van der Waals surface area (Å²) in [5, 5.41) is 18.6. The van der Waals surface area contributed by atoms with Gasteiger partial charge in [0.25, 0.3) is 0 Å². The van der Waals surface area contributed by atoms with Gasteiger partial charge in [-0.3, -0.25) is 0 Å². The highest BCUT2D eigenvalue weighted by Crippen LogP contribution is 2.20. The minimum Gasteiger partial charge on any atom is -0.480 e. The summed E-state index contributed by atoms with van der Waals surface area (Å²) in [6.45, 7) is 0.295. The number of carbonyl (C=O) groups excluding carboxylic acids is 1. The number of β-amino-alcohol motifs (C(OH)–C–C–N with tert-alkyl or cyclic N) is 1. The number of hydrogen-bond acceptors (Lipinski definition) is 4. The molecule has 2 amide bonds. The number of urea groups is 1. The molecule has 7 heteroatoms. The first-order valence-corrected chi connectivity index (χ1v) is 5.94. The topological polar surface area (TPSA) is 94.2 Å². The Hall–Kier alpha value is -2.02. The molecule has 1 saturated heterocycles. The van der Waals surface area contributed by atoms with Crippen LogP contribution in [-0.4, -0.2) is 57.8 Å². The van der Waals surface area contributed by atoms with E-state index in [4.69, 9.17) is 9.52 Å². The molecule has 2 N–H and O–H groups in total. The summed E-state index contributed by atoms with van der Waals surface area (Å²) < 4.78 is 5.13. The second-order valence-corrected chi connectivity index (χ2v) is 4.61. The molecule has 1 aliphatic heterocycles. The maximum Gasteiger partial charge on any atom is 0.326 e. The largest absolute Gasteiger partial charge is 0.480 e. The Morgan fingerprint density at radius 1 is 1.58 bits per heavy atom. The van der Waals surface area contributed by atoms with Gasteiger partial charge in [-0.15, -0.1) is 0 Å². The molecular weight excluding hydrogens is 252 g/mol. The van der Waals surface area contributed by atoms with Crippen LogP contribution < -0.4 is 0 Å². The van der Waals surface area contributed by atoms with Crippen molar-refractivity contribution in [1.29, 1.82) is 0 Å². The van der Waals surface area contributed by atoms with Crippen molar-refractivity contribution in [2.24, 2.45) is 0 Å². The van der Waals surface area contributed by atoms with E-state index in [1.165, 1.54) is 16.1 Å². The lowest BCUT2D eigenvalue weighted by Crippen LogP contribution is -2.46. The predicted molar refractivity (Wildman–Crippen MR) is 64.3 cm³/mol. The maximum absolute atomic E-state index is 12.2. The molecule has 1 aromatic heterocycles. The van der Waals surface area contributed by atoms with E-state index in [1.54, 1.807) is 19.2 Å².